The zero-order chi connectivity index (χ0) is 11.3. The molecule has 0 saturated carbocycles. The van der Waals surface area contributed by atoms with E-state index in [1.807, 2.05) is 0 Å². The fourth-order valence-electron chi connectivity index (χ4n) is 0.795. The molecule has 5 heteroatoms. The lowest BCUT2D eigenvalue weighted by molar-refractivity contribution is -0.136. The lowest BCUT2D eigenvalue weighted by atomic mass is 10.3. The van der Waals surface area contributed by atoms with Crippen LogP contribution in [-0.4, -0.2) is 17.6 Å². The third-order valence-electron chi connectivity index (χ3n) is 1.40. The first kappa shape index (κ1) is 11.5. The summed E-state index contributed by atoms with van der Waals surface area (Å²) < 4.78 is 17.2. The summed E-state index contributed by atoms with van der Waals surface area (Å²) >= 11 is 5.67. The van der Waals surface area contributed by atoms with Crippen LogP contribution in [0, 0.1) is 17.8 Å². The minimum Gasteiger partial charge on any atom is -0.456 e. The van der Waals surface area contributed by atoms with Crippen LogP contribution in [0.1, 0.15) is 12.5 Å². The van der Waals surface area contributed by atoms with Gasteiger partial charge in [-0.2, -0.15) is 4.39 Å². The quantitative estimate of drug-likeness (QED) is 0.417. The summed E-state index contributed by atoms with van der Waals surface area (Å²) in [5, 5.41) is 0.188. The van der Waals surface area contributed by atoms with Crippen molar-refractivity contribution in [2.24, 2.45) is 0 Å². The number of halogens is 2. The molecule has 1 rings (SSSR count). The van der Waals surface area contributed by atoms with Crippen LogP contribution in [-0.2, 0) is 9.53 Å². The second kappa shape index (κ2) is 5.32. The van der Waals surface area contributed by atoms with Gasteiger partial charge in [0.25, 0.3) is 0 Å². The molecular weight excluding hydrogens is 221 g/mol. The van der Waals surface area contributed by atoms with Crippen molar-refractivity contribution in [2.75, 3.05) is 6.61 Å². The Bertz CT molecular complexity index is 437. The normalized spacial score (nSPS) is 9.00. The van der Waals surface area contributed by atoms with Gasteiger partial charge in [0.15, 0.2) is 0 Å². The molecule has 0 fully saturated rings. The number of ether oxygens (including phenoxy) is 1. The Morgan fingerprint density at radius 2 is 2.47 bits per heavy atom. The highest BCUT2D eigenvalue weighted by molar-refractivity contribution is 6.31. The lowest BCUT2D eigenvalue weighted by Crippen LogP contribution is -1.99. The fourth-order valence-corrected chi connectivity index (χ4v) is 0.945. The van der Waals surface area contributed by atoms with E-state index >= 15 is 0 Å². The van der Waals surface area contributed by atoms with Crippen LogP contribution >= 0.6 is 11.6 Å². The van der Waals surface area contributed by atoms with Gasteiger partial charge in [0.1, 0.15) is 0 Å². The van der Waals surface area contributed by atoms with Crippen LogP contribution < -0.4 is 0 Å². The molecule has 0 radical (unpaired) electrons. The Kier molecular flexibility index (Phi) is 4.07. The number of carbonyl (C=O) groups excluding carboxylic acids is 1. The number of rotatable bonds is 1. The molecule has 3 nitrogen and oxygen atoms in total. The lowest BCUT2D eigenvalue weighted by Gasteiger charge is -1.94. The average molecular weight is 228 g/mol. The maximum Gasteiger partial charge on any atom is 0.384 e. The summed E-state index contributed by atoms with van der Waals surface area (Å²) in [7, 11) is 0. The molecule has 0 amide bonds. The minimum absolute atomic E-state index is 0.188. The first-order valence-electron chi connectivity index (χ1n) is 4.13. The van der Waals surface area contributed by atoms with Gasteiger partial charge in [-0.05, 0) is 6.92 Å². The van der Waals surface area contributed by atoms with E-state index in [0.29, 0.717) is 0 Å². The highest BCUT2D eigenvalue weighted by Crippen LogP contribution is 2.13. The van der Waals surface area contributed by atoms with Gasteiger partial charge in [0.05, 0.1) is 11.6 Å². The van der Waals surface area contributed by atoms with Gasteiger partial charge in [0.2, 0.25) is 5.95 Å². The van der Waals surface area contributed by atoms with Crippen molar-refractivity contribution >= 4 is 17.6 Å². The van der Waals surface area contributed by atoms with E-state index in [1.54, 1.807) is 6.92 Å². The zero-order valence-corrected chi connectivity index (χ0v) is 8.64. The minimum atomic E-state index is -0.701. The molecule has 0 aliphatic heterocycles. The molecule has 0 unspecified atom stereocenters. The molecule has 1 aromatic rings. The van der Waals surface area contributed by atoms with Gasteiger partial charge in [-0.25, -0.2) is 9.78 Å². The van der Waals surface area contributed by atoms with Crippen molar-refractivity contribution in [3.8, 4) is 11.8 Å². The molecule has 0 atom stereocenters. The smallest absolute Gasteiger partial charge is 0.384 e. The number of hydrogen-bond acceptors (Lipinski definition) is 3. The maximum absolute atomic E-state index is 12.7. The van der Waals surface area contributed by atoms with Crippen LogP contribution in [0.2, 0.25) is 5.02 Å². The van der Waals surface area contributed by atoms with E-state index in [0.717, 1.165) is 12.3 Å². The fraction of sp³-hybridized carbons (Fsp3) is 0.200. The predicted molar refractivity (Wildman–Crippen MR) is 52.7 cm³/mol. The van der Waals surface area contributed by atoms with Crippen molar-refractivity contribution < 1.29 is 13.9 Å². The number of nitrogens with zero attached hydrogens (tertiary/aromatic N) is 1. The Hall–Kier alpha value is -1.60. The Labute approximate surface area is 91.2 Å². The molecular formula is C10H7ClFNO2. The molecule has 0 aromatic carbocycles. The highest BCUT2D eigenvalue weighted by atomic mass is 35.5. The largest absolute Gasteiger partial charge is 0.456 e. The van der Waals surface area contributed by atoms with Crippen LogP contribution in [0.4, 0.5) is 4.39 Å². The summed E-state index contributed by atoms with van der Waals surface area (Å²) in [5.74, 6) is 3.20. The number of pyridine rings is 1. The average Bonchev–Trinajstić information content (AvgIpc) is 2.20. The number of hydrogen-bond donors (Lipinski definition) is 0. The van der Waals surface area contributed by atoms with Gasteiger partial charge >= 0.3 is 5.97 Å². The van der Waals surface area contributed by atoms with Gasteiger partial charge in [-0.1, -0.05) is 17.5 Å². The Morgan fingerprint density at radius 3 is 3.13 bits per heavy atom. The van der Waals surface area contributed by atoms with Crippen molar-refractivity contribution in [3.05, 3.63) is 28.8 Å². The standard InChI is InChI=1S/C10H7ClFNO2/c1-2-15-10(14)4-3-7-5-9(12)13-6-8(7)11/h5-6H,2H2,1H3. The first-order chi connectivity index (χ1) is 7.13. The topological polar surface area (TPSA) is 39.2 Å². The second-order valence-electron chi connectivity index (χ2n) is 2.46. The molecule has 0 N–H and O–H groups in total. The zero-order valence-electron chi connectivity index (χ0n) is 7.88. The van der Waals surface area contributed by atoms with Crippen LogP contribution in [0.3, 0.4) is 0 Å². The van der Waals surface area contributed by atoms with E-state index in [2.05, 4.69) is 21.6 Å². The Morgan fingerprint density at radius 1 is 1.73 bits per heavy atom. The molecule has 0 saturated heterocycles. The number of carbonyl (C=O) groups is 1. The summed E-state index contributed by atoms with van der Waals surface area (Å²) in [6, 6.07) is 1.05. The van der Waals surface area contributed by atoms with E-state index in [9.17, 15) is 9.18 Å². The number of esters is 1. The molecule has 1 heterocycles. The molecule has 15 heavy (non-hydrogen) atoms. The van der Waals surface area contributed by atoms with E-state index in [-0.39, 0.29) is 17.2 Å². The van der Waals surface area contributed by atoms with Crippen molar-refractivity contribution in [3.63, 3.8) is 0 Å². The van der Waals surface area contributed by atoms with Gasteiger partial charge in [-0.3, -0.25) is 0 Å². The van der Waals surface area contributed by atoms with Crippen molar-refractivity contribution in [2.45, 2.75) is 6.92 Å². The monoisotopic (exact) mass is 227 g/mol. The van der Waals surface area contributed by atoms with Crippen molar-refractivity contribution in [1.29, 1.82) is 0 Å². The first-order valence-corrected chi connectivity index (χ1v) is 4.51. The summed E-state index contributed by atoms with van der Waals surface area (Å²) in [6.45, 7) is 1.91. The third-order valence-corrected chi connectivity index (χ3v) is 1.70. The molecule has 0 spiro atoms. The van der Waals surface area contributed by atoms with E-state index in [4.69, 9.17) is 11.6 Å². The van der Waals surface area contributed by atoms with Gasteiger partial charge in [-0.15, -0.1) is 0 Å². The third kappa shape index (κ3) is 3.56. The van der Waals surface area contributed by atoms with E-state index < -0.39 is 11.9 Å². The van der Waals surface area contributed by atoms with Crippen LogP contribution in [0.25, 0.3) is 0 Å². The maximum atomic E-state index is 12.7. The molecule has 0 bridgehead atoms. The number of aromatic nitrogens is 1. The van der Waals surface area contributed by atoms with E-state index in [1.165, 1.54) is 0 Å². The van der Waals surface area contributed by atoms with Crippen LogP contribution in [0.15, 0.2) is 12.3 Å². The van der Waals surface area contributed by atoms with Gasteiger partial charge < -0.3 is 4.74 Å². The molecule has 1 aromatic heterocycles. The highest BCUT2D eigenvalue weighted by Gasteiger charge is 2.00. The summed E-state index contributed by atoms with van der Waals surface area (Å²) in [6.07, 6.45) is 1.13. The summed E-state index contributed by atoms with van der Waals surface area (Å²) in [5.41, 5.74) is 0.206. The summed E-state index contributed by atoms with van der Waals surface area (Å²) in [4.78, 5) is 14.2. The van der Waals surface area contributed by atoms with Gasteiger partial charge in [0, 0.05) is 23.7 Å². The predicted octanol–water partition coefficient (Wildman–Crippen LogP) is 1.79. The molecule has 78 valence electrons. The SMILES string of the molecule is CCOC(=O)C#Cc1cc(F)ncc1Cl. The van der Waals surface area contributed by atoms with Crippen molar-refractivity contribution in [1.82, 2.24) is 4.98 Å². The van der Waals surface area contributed by atoms with Crippen LogP contribution in [0.5, 0.6) is 0 Å². The molecule has 0 aliphatic rings. The Balaban J connectivity index is 2.88. The molecule has 0 aliphatic carbocycles. The second-order valence-corrected chi connectivity index (χ2v) is 2.86.